The molecule has 0 radical (unpaired) electrons. The van der Waals surface area contributed by atoms with Crippen LogP contribution in [0.25, 0.3) is 27.1 Å². The van der Waals surface area contributed by atoms with E-state index in [1.807, 2.05) is 30.4 Å². The lowest BCUT2D eigenvalue weighted by molar-refractivity contribution is -0.113. The third kappa shape index (κ3) is 6.12. The highest BCUT2D eigenvalue weighted by Crippen LogP contribution is 2.39. The van der Waals surface area contributed by atoms with Gasteiger partial charge in [-0.25, -0.2) is 0 Å². The van der Waals surface area contributed by atoms with Crippen molar-refractivity contribution in [3.8, 4) is 0 Å². The number of Topliss-reactive ketones (excluding diaryl/α,β-unsaturated/α-hetero) is 1. The van der Waals surface area contributed by atoms with Gasteiger partial charge in [0, 0.05) is 16.6 Å². The van der Waals surface area contributed by atoms with Gasteiger partial charge in [-0.2, -0.15) is 0 Å². The Labute approximate surface area is 272 Å². The molecular weight excluding hydrogens is 564 g/mol. The van der Waals surface area contributed by atoms with E-state index < -0.39 is 0 Å². The molecule has 1 aliphatic rings. The summed E-state index contributed by atoms with van der Waals surface area (Å²) in [4.78, 5) is 12.9. The van der Waals surface area contributed by atoms with E-state index >= 15 is 0 Å². The van der Waals surface area contributed by atoms with Crippen LogP contribution in [0.2, 0.25) is 0 Å². The summed E-state index contributed by atoms with van der Waals surface area (Å²) in [6, 6.07) is 20.9. The fraction of sp³-hybridized carbons (Fsp3) is 0.238. The van der Waals surface area contributed by atoms with Gasteiger partial charge >= 0.3 is 0 Å². The number of fused-ring (bicyclic) bond motifs is 2. The fourth-order valence-electron chi connectivity index (χ4n) is 6.89. The Balaban J connectivity index is 1.59. The first-order valence-electron chi connectivity index (χ1n) is 16.2. The van der Waals surface area contributed by atoms with Crippen LogP contribution in [-0.2, 0) is 17.6 Å². The number of ketones is 1. The predicted octanol–water partition coefficient (Wildman–Crippen LogP) is 10.5. The average Bonchev–Trinajstić information content (AvgIpc) is 3.43. The quantitative estimate of drug-likeness (QED) is 0.0764. The van der Waals surface area contributed by atoms with Gasteiger partial charge in [-0.3, -0.25) is 4.79 Å². The van der Waals surface area contributed by atoms with Crippen LogP contribution in [0, 0.1) is 12.3 Å². The third-order valence-electron chi connectivity index (χ3n) is 9.23. The first kappa shape index (κ1) is 32.4. The second-order valence-electron chi connectivity index (χ2n) is 12.2. The monoisotopic (exact) mass is 608 g/mol. The molecule has 0 aliphatic heterocycles. The van der Waals surface area contributed by atoms with Crippen molar-refractivity contribution >= 4 is 44.3 Å². The number of nitrogens with one attached hydrogen (secondary N) is 1. The Hall–Kier alpha value is -4.96. The van der Waals surface area contributed by atoms with Gasteiger partial charge in [0.2, 0.25) is 0 Å². The summed E-state index contributed by atoms with van der Waals surface area (Å²) in [6.45, 7) is 11.5. The zero-order chi connectivity index (χ0) is 33.1. The Kier molecular flexibility index (Phi) is 9.57. The van der Waals surface area contributed by atoms with Crippen molar-refractivity contribution in [3.05, 3.63) is 141 Å². The molecule has 0 saturated heterocycles. The zero-order valence-corrected chi connectivity index (χ0v) is 27.8. The van der Waals surface area contributed by atoms with Crippen LogP contribution in [0.4, 0.5) is 5.69 Å². The minimum atomic E-state index is -0.185. The molecule has 1 aliphatic carbocycles. The Morgan fingerprint density at radius 3 is 2.13 bits per heavy atom. The molecule has 46 heavy (non-hydrogen) atoms. The molecule has 0 atom stereocenters. The number of nitrogens with two attached hydrogens (primary N) is 1. The van der Waals surface area contributed by atoms with Crippen molar-refractivity contribution in [2.24, 2.45) is 0 Å². The Morgan fingerprint density at radius 2 is 1.50 bits per heavy atom. The number of aryl methyl sites for hydroxylation is 3. The highest BCUT2D eigenvalue weighted by molar-refractivity contribution is 6.16. The second-order valence-corrected chi connectivity index (χ2v) is 12.2. The minimum Gasteiger partial charge on any atom is -0.512 e. The Bertz CT molecular complexity index is 2050. The van der Waals surface area contributed by atoms with Gasteiger partial charge in [0.05, 0.1) is 11.3 Å². The molecule has 0 spiro atoms. The van der Waals surface area contributed by atoms with Gasteiger partial charge in [-0.05, 0) is 126 Å². The van der Waals surface area contributed by atoms with Crippen LogP contribution < -0.4 is 5.73 Å². The summed E-state index contributed by atoms with van der Waals surface area (Å²) < 4.78 is 0. The first-order chi connectivity index (χ1) is 22.1. The summed E-state index contributed by atoms with van der Waals surface area (Å²) >= 11 is 0. The van der Waals surface area contributed by atoms with Crippen LogP contribution in [0.1, 0.15) is 75.3 Å². The number of hydrogen-bond acceptors (Lipinski definition) is 4. The summed E-state index contributed by atoms with van der Waals surface area (Å²) in [5, 5.41) is 24.3. The summed E-state index contributed by atoms with van der Waals surface area (Å²) in [6.07, 6.45) is 11.2. The summed E-state index contributed by atoms with van der Waals surface area (Å²) in [5.74, 6) is -0.183. The number of aliphatic hydroxyl groups is 1. The molecule has 4 nitrogen and oxygen atoms in total. The number of nitrogen functional groups attached to an aromatic ring is 1. The SMILES string of the molecule is CCc1ccc(C)c2c(C(=N)/C=C/C3=C(C(/C(C)=O)=C(/C)O)/C(=C/C=C(/C)c4cccc5c(CC)ccc(N)c45)CC3)cccc12. The van der Waals surface area contributed by atoms with Crippen molar-refractivity contribution < 1.29 is 9.90 Å². The molecule has 4 aromatic rings. The molecule has 0 unspecified atom stereocenters. The van der Waals surface area contributed by atoms with Gasteiger partial charge in [0.15, 0.2) is 5.78 Å². The van der Waals surface area contributed by atoms with Gasteiger partial charge in [0.1, 0.15) is 5.76 Å². The second kappa shape index (κ2) is 13.6. The smallest absolute Gasteiger partial charge is 0.163 e. The third-order valence-corrected chi connectivity index (χ3v) is 9.23. The number of benzene rings is 4. The molecule has 0 saturated carbocycles. The standard InChI is InChI=1S/C42H44N2O2/c1-7-29-17-16-26(4)39-34(29)12-10-14-36(39)37(43)23-22-32-20-19-31(41(32)40(27(5)45)28(6)46)18-15-25(3)33-11-9-13-35-30(8-2)21-24-38(44)42(33)35/h9-18,21-24,43,45H,7-8,19-20,44H2,1-6H3/b23-22+,25-15-,31-18+,40-27-,43-37?. The van der Waals surface area contributed by atoms with E-state index in [0.717, 1.165) is 74.7 Å². The predicted molar refractivity (Wildman–Crippen MR) is 196 cm³/mol. The number of carbonyl (C=O) groups excluding carboxylic acids is 1. The number of anilines is 1. The number of aliphatic hydroxyl groups excluding tert-OH is 1. The van der Waals surface area contributed by atoms with Gasteiger partial charge in [0.25, 0.3) is 0 Å². The highest BCUT2D eigenvalue weighted by atomic mass is 16.3. The van der Waals surface area contributed by atoms with E-state index in [1.165, 1.54) is 28.8 Å². The number of rotatable bonds is 9. The molecule has 0 heterocycles. The number of allylic oxidation sites excluding steroid dienone is 10. The minimum absolute atomic E-state index is 0.00248. The number of carbonyl (C=O) groups is 1. The van der Waals surface area contributed by atoms with E-state index in [4.69, 9.17) is 11.1 Å². The summed E-state index contributed by atoms with van der Waals surface area (Å²) in [5.41, 5.74) is 17.4. The molecular formula is C42H44N2O2. The molecule has 0 amide bonds. The molecule has 4 aromatic carbocycles. The maximum Gasteiger partial charge on any atom is 0.163 e. The molecule has 0 fully saturated rings. The van der Waals surface area contributed by atoms with Crippen molar-refractivity contribution in [2.75, 3.05) is 5.73 Å². The topological polar surface area (TPSA) is 87.2 Å². The molecule has 4 N–H and O–H groups in total. The zero-order valence-electron chi connectivity index (χ0n) is 27.8. The maximum absolute atomic E-state index is 12.9. The lowest BCUT2D eigenvalue weighted by Gasteiger charge is -2.13. The molecule has 5 rings (SSSR count). The first-order valence-corrected chi connectivity index (χ1v) is 16.2. The van der Waals surface area contributed by atoms with Gasteiger partial charge in [-0.15, -0.1) is 0 Å². The molecule has 0 aromatic heterocycles. The van der Waals surface area contributed by atoms with Crippen LogP contribution in [-0.4, -0.2) is 16.6 Å². The molecule has 4 heteroatoms. The fourth-order valence-corrected chi connectivity index (χ4v) is 6.89. The van der Waals surface area contributed by atoms with Gasteiger partial charge in [-0.1, -0.05) is 86.7 Å². The Morgan fingerprint density at radius 1 is 0.870 bits per heavy atom. The molecule has 234 valence electrons. The largest absolute Gasteiger partial charge is 0.512 e. The summed E-state index contributed by atoms with van der Waals surface area (Å²) in [7, 11) is 0. The van der Waals surface area contributed by atoms with Crippen molar-refractivity contribution in [2.45, 2.75) is 67.2 Å². The molecule has 0 bridgehead atoms. The maximum atomic E-state index is 12.9. The van der Waals surface area contributed by atoms with Crippen LogP contribution >= 0.6 is 0 Å². The van der Waals surface area contributed by atoms with E-state index in [-0.39, 0.29) is 11.5 Å². The normalized spacial score (nSPS) is 15.4. The lowest BCUT2D eigenvalue weighted by atomic mass is 9.91. The van der Waals surface area contributed by atoms with E-state index in [2.05, 4.69) is 82.3 Å². The van der Waals surface area contributed by atoms with Crippen molar-refractivity contribution in [1.82, 2.24) is 0 Å². The van der Waals surface area contributed by atoms with E-state index in [9.17, 15) is 9.90 Å². The van der Waals surface area contributed by atoms with Crippen molar-refractivity contribution in [1.29, 1.82) is 5.41 Å². The van der Waals surface area contributed by atoms with E-state index in [0.29, 0.717) is 17.7 Å². The lowest BCUT2D eigenvalue weighted by Crippen LogP contribution is -2.05. The van der Waals surface area contributed by atoms with Gasteiger partial charge < -0.3 is 16.2 Å². The average molecular weight is 609 g/mol. The van der Waals surface area contributed by atoms with E-state index in [1.54, 1.807) is 6.92 Å². The highest BCUT2D eigenvalue weighted by Gasteiger charge is 2.26. The van der Waals surface area contributed by atoms with Crippen LogP contribution in [0.15, 0.2) is 113 Å². The van der Waals surface area contributed by atoms with Crippen LogP contribution in [0.3, 0.4) is 0 Å². The van der Waals surface area contributed by atoms with Crippen LogP contribution in [0.5, 0.6) is 0 Å². The van der Waals surface area contributed by atoms with Crippen molar-refractivity contribution in [3.63, 3.8) is 0 Å². The number of hydrogen-bond donors (Lipinski definition) is 3.